The molecule has 0 bridgehead atoms. The van der Waals surface area contributed by atoms with E-state index in [-0.39, 0.29) is 12.0 Å². The largest absolute Gasteiger partial charge is 0.339 e. The molecule has 88 valence electrons. The van der Waals surface area contributed by atoms with Gasteiger partial charge in [0, 0.05) is 23.5 Å². The summed E-state index contributed by atoms with van der Waals surface area (Å²) in [7, 11) is 0. The van der Waals surface area contributed by atoms with E-state index in [0.29, 0.717) is 5.92 Å². The lowest BCUT2D eigenvalue weighted by atomic mass is 10.0. The number of hydrogen-bond donors (Lipinski definition) is 1. The zero-order chi connectivity index (χ0) is 11.0. The summed E-state index contributed by atoms with van der Waals surface area (Å²) >= 11 is 1.87. The van der Waals surface area contributed by atoms with Crippen molar-refractivity contribution in [2.24, 2.45) is 5.73 Å². The van der Waals surface area contributed by atoms with Crippen LogP contribution in [0.25, 0.3) is 0 Å². The van der Waals surface area contributed by atoms with Gasteiger partial charge in [0.2, 0.25) is 5.89 Å². The molecule has 2 N–H and O–H groups in total. The molecule has 1 saturated heterocycles. The molecule has 1 aromatic rings. The van der Waals surface area contributed by atoms with E-state index in [0.717, 1.165) is 23.2 Å². The van der Waals surface area contributed by atoms with Crippen LogP contribution in [-0.2, 0) is 0 Å². The molecule has 16 heavy (non-hydrogen) atoms. The number of aromatic nitrogens is 2. The number of rotatable bonds is 2. The second-order valence-electron chi connectivity index (χ2n) is 4.78. The standard InChI is InChI=1S/C11H17N3OS/c12-9-6-16-5-8(9)11-13-10(14-15-11)7-3-1-2-4-7/h7-9H,1-6,12H2. The van der Waals surface area contributed by atoms with Crippen LogP contribution >= 0.6 is 11.8 Å². The van der Waals surface area contributed by atoms with Crippen molar-refractivity contribution in [1.29, 1.82) is 0 Å². The predicted molar refractivity (Wildman–Crippen MR) is 63.5 cm³/mol. The summed E-state index contributed by atoms with van der Waals surface area (Å²) in [6.45, 7) is 0. The maximum Gasteiger partial charge on any atom is 0.232 e. The molecule has 2 heterocycles. The van der Waals surface area contributed by atoms with Crippen LogP contribution in [0.3, 0.4) is 0 Å². The molecule has 2 unspecified atom stereocenters. The summed E-state index contributed by atoms with van der Waals surface area (Å²) in [5, 5.41) is 4.13. The third-order valence-electron chi connectivity index (χ3n) is 3.62. The molecule has 0 radical (unpaired) electrons. The Hall–Kier alpha value is -0.550. The molecular weight excluding hydrogens is 222 g/mol. The first-order valence-electron chi connectivity index (χ1n) is 6.01. The van der Waals surface area contributed by atoms with Gasteiger partial charge in [-0.1, -0.05) is 18.0 Å². The van der Waals surface area contributed by atoms with E-state index in [1.54, 1.807) is 0 Å². The van der Waals surface area contributed by atoms with Crippen molar-refractivity contribution >= 4 is 11.8 Å². The fraction of sp³-hybridized carbons (Fsp3) is 0.818. The molecule has 1 aromatic heterocycles. The number of nitrogens with two attached hydrogens (primary N) is 1. The molecule has 3 rings (SSSR count). The van der Waals surface area contributed by atoms with Crippen molar-refractivity contribution in [2.45, 2.75) is 43.6 Å². The third-order valence-corrected chi connectivity index (χ3v) is 4.83. The van der Waals surface area contributed by atoms with Gasteiger partial charge < -0.3 is 10.3 Å². The molecule has 2 atom stereocenters. The van der Waals surface area contributed by atoms with E-state index in [2.05, 4.69) is 10.1 Å². The van der Waals surface area contributed by atoms with Gasteiger partial charge >= 0.3 is 0 Å². The fourth-order valence-electron chi connectivity index (χ4n) is 2.57. The maximum atomic E-state index is 6.03. The summed E-state index contributed by atoms with van der Waals surface area (Å²) in [4.78, 5) is 4.55. The van der Waals surface area contributed by atoms with Crippen LogP contribution in [0.1, 0.15) is 49.2 Å². The highest BCUT2D eigenvalue weighted by molar-refractivity contribution is 7.99. The smallest absolute Gasteiger partial charge is 0.232 e. The second-order valence-corrected chi connectivity index (χ2v) is 5.85. The van der Waals surface area contributed by atoms with Gasteiger partial charge in [0.1, 0.15) is 0 Å². The van der Waals surface area contributed by atoms with Crippen LogP contribution in [-0.4, -0.2) is 27.7 Å². The first-order valence-corrected chi connectivity index (χ1v) is 7.17. The number of nitrogens with zero attached hydrogens (tertiary/aromatic N) is 2. The summed E-state index contributed by atoms with van der Waals surface area (Å²) in [5.74, 6) is 4.51. The Morgan fingerprint density at radius 2 is 2.06 bits per heavy atom. The highest BCUT2D eigenvalue weighted by atomic mass is 32.2. The summed E-state index contributed by atoms with van der Waals surface area (Å²) < 4.78 is 5.38. The summed E-state index contributed by atoms with van der Waals surface area (Å²) in [6.07, 6.45) is 5.02. The van der Waals surface area contributed by atoms with E-state index >= 15 is 0 Å². The van der Waals surface area contributed by atoms with E-state index in [1.807, 2.05) is 11.8 Å². The zero-order valence-corrected chi connectivity index (χ0v) is 10.1. The second kappa shape index (κ2) is 4.37. The van der Waals surface area contributed by atoms with Crippen LogP contribution in [0.2, 0.25) is 0 Å². The molecule has 1 aliphatic carbocycles. The van der Waals surface area contributed by atoms with Crippen LogP contribution in [0.4, 0.5) is 0 Å². The SMILES string of the molecule is NC1CSCC1c1nc(C2CCCC2)no1. The minimum absolute atomic E-state index is 0.182. The van der Waals surface area contributed by atoms with Crippen molar-refractivity contribution in [3.05, 3.63) is 11.7 Å². The van der Waals surface area contributed by atoms with Gasteiger partial charge in [0.15, 0.2) is 5.82 Å². The lowest BCUT2D eigenvalue weighted by Crippen LogP contribution is -2.26. The molecule has 1 aliphatic heterocycles. The minimum Gasteiger partial charge on any atom is -0.339 e. The summed E-state index contributed by atoms with van der Waals surface area (Å²) in [6, 6.07) is 0.182. The first-order chi connectivity index (χ1) is 7.84. The van der Waals surface area contributed by atoms with Gasteiger partial charge in [0.05, 0.1) is 5.92 Å². The normalized spacial score (nSPS) is 31.3. The molecule has 0 spiro atoms. The lowest BCUT2D eigenvalue weighted by Gasteiger charge is -2.08. The van der Waals surface area contributed by atoms with Crippen LogP contribution in [0, 0.1) is 0 Å². The molecule has 4 nitrogen and oxygen atoms in total. The lowest BCUT2D eigenvalue weighted by molar-refractivity contribution is 0.346. The Bertz CT molecular complexity index is 362. The van der Waals surface area contributed by atoms with Gasteiger partial charge in [-0.2, -0.15) is 16.7 Å². The van der Waals surface area contributed by atoms with E-state index in [9.17, 15) is 0 Å². The highest BCUT2D eigenvalue weighted by Gasteiger charge is 2.32. The average Bonchev–Trinajstić information content (AvgIpc) is 2.96. The highest BCUT2D eigenvalue weighted by Crippen LogP contribution is 2.35. The Morgan fingerprint density at radius 1 is 1.25 bits per heavy atom. The number of hydrogen-bond acceptors (Lipinski definition) is 5. The van der Waals surface area contributed by atoms with Crippen molar-refractivity contribution in [1.82, 2.24) is 10.1 Å². The van der Waals surface area contributed by atoms with E-state index in [1.165, 1.54) is 25.7 Å². The monoisotopic (exact) mass is 239 g/mol. The van der Waals surface area contributed by atoms with E-state index in [4.69, 9.17) is 10.3 Å². The number of thioether (sulfide) groups is 1. The quantitative estimate of drug-likeness (QED) is 0.853. The Morgan fingerprint density at radius 3 is 2.75 bits per heavy atom. The minimum atomic E-state index is 0.182. The third kappa shape index (κ3) is 1.86. The van der Waals surface area contributed by atoms with Gasteiger partial charge in [-0.05, 0) is 12.8 Å². The molecule has 2 aliphatic rings. The topological polar surface area (TPSA) is 64.9 Å². The molecule has 1 saturated carbocycles. The van der Waals surface area contributed by atoms with E-state index < -0.39 is 0 Å². The maximum absolute atomic E-state index is 6.03. The van der Waals surface area contributed by atoms with Crippen molar-refractivity contribution < 1.29 is 4.52 Å². The molecule has 0 aromatic carbocycles. The molecule has 2 fully saturated rings. The van der Waals surface area contributed by atoms with Gasteiger partial charge in [-0.3, -0.25) is 0 Å². The Balaban J connectivity index is 1.76. The van der Waals surface area contributed by atoms with Gasteiger partial charge in [-0.15, -0.1) is 0 Å². The molecule has 5 heteroatoms. The van der Waals surface area contributed by atoms with Crippen molar-refractivity contribution in [3.63, 3.8) is 0 Å². The Kier molecular flexibility index (Phi) is 2.90. The molecule has 0 amide bonds. The Labute approximate surface area is 99.4 Å². The van der Waals surface area contributed by atoms with Crippen molar-refractivity contribution in [2.75, 3.05) is 11.5 Å². The predicted octanol–water partition coefficient (Wildman–Crippen LogP) is 1.88. The van der Waals surface area contributed by atoms with Crippen LogP contribution < -0.4 is 5.73 Å². The first kappa shape index (κ1) is 10.6. The van der Waals surface area contributed by atoms with Gasteiger partial charge in [0.25, 0.3) is 0 Å². The average molecular weight is 239 g/mol. The van der Waals surface area contributed by atoms with Crippen molar-refractivity contribution in [3.8, 4) is 0 Å². The van der Waals surface area contributed by atoms with Crippen LogP contribution in [0.5, 0.6) is 0 Å². The molecular formula is C11H17N3OS. The zero-order valence-electron chi connectivity index (χ0n) is 9.26. The summed E-state index contributed by atoms with van der Waals surface area (Å²) in [5.41, 5.74) is 6.03. The fourth-order valence-corrected chi connectivity index (χ4v) is 3.86. The van der Waals surface area contributed by atoms with Crippen LogP contribution in [0.15, 0.2) is 4.52 Å². The van der Waals surface area contributed by atoms with Gasteiger partial charge in [-0.25, -0.2) is 0 Å².